The van der Waals surface area contributed by atoms with Crippen LogP contribution in [0.15, 0.2) is 42.7 Å². The van der Waals surface area contributed by atoms with E-state index < -0.39 is 0 Å². The molecule has 3 nitrogen and oxygen atoms in total. The fraction of sp³-hybridized carbons (Fsp3) is 0.214. The lowest BCUT2D eigenvalue weighted by Gasteiger charge is -1.98. The summed E-state index contributed by atoms with van der Waals surface area (Å²) in [6.07, 6.45) is 5.50. The van der Waals surface area contributed by atoms with Crippen LogP contribution >= 0.6 is 0 Å². The normalized spacial score (nSPS) is 9.71. The molecule has 17 heavy (non-hydrogen) atoms. The zero-order chi connectivity index (χ0) is 11.9. The molecule has 0 aliphatic rings. The van der Waals surface area contributed by atoms with E-state index in [1.54, 1.807) is 6.20 Å². The minimum Gasteiger partial charge on any atom is -0.330 e. The minimum atomic E-state index is 0.692. The fourth-order valence-electron chi connectivity index (χ4n) is 1.46. The molecule has 0 aliphatic carbocycles. The van der Waals surface area contributed by atoms with Gasteiger partial charge in [-0.25, -0.2) is 4.68 Å². The van der Waals surface area contributed by atoms with Gasteiger partial charge in [0.1, 0.15) is 0 Å². The van der Waals surface area contributed by atoms with Crippen LogP contribution < -0.4 is 5.73 Å². The van der Waals surface area contributed by atoms with Crippen LogP contribution in [0.2, 0.25) is 0 Å². The average Bonchev–Trinajstić information content (AvgIpc) is 2.85. The Morgan fingerprint density at radius 2 is 2.06 bits per heavy atom. The van der Waals surface area contributed by atoms with E-state index in [1.807, 2.05) is 41.2 Å². The predicted molar refractivity (Wildman–Crippen MR) is 68.7 cm³/mol. The molecule has 2 aromatic rings. The van der Waals surface area contributed by atoms with Crippen LogP contribution in [-0.4, -0.2) is 16.3 Å². The molecule has 0 fully saturated rings. The highest BCUT2D eigenvalue weighted by Crippen LogP contribution is 2.06. The third-order valence-corrected chi connectivity index (χ3v) is 2.34. The van der Waals surface area contributed by atoms with Crippen molar-refractivity contribution < 1.29 is 0 Å². The standard InChI is InChI=1S/C14H15N3/c15-10-6-2-3-7-13-11-16-17(12-13)14-8-4-1-5-9-14/h1,4-5,8-9,11-12H,2,6,10,15H2. The highest BCUT2D eigenvalue weighted by atomic mass is 15.3. The van der Waals surface area contributed by atoms with Crippen LogP contribution in [0.4, 0.5) is 0 Å². The van der Waals surface area contributed by atoms with Crippen LogP contribution in [0.1, 0.15) is 18.4 Å². The third kappa shape index (κ3) is 3.20. The summed E-state index contributed by atoms with van der Waals surface area (Å²) in [4.78, 5) is 0. The molecule has 1 heterocycles. The molecule has 0 unspecified atom stereocenters. The maximum absolute atomic E-state index is 5.40. The zero-order valence-corrected chi connectivity index (χ0v) is 9.63. The van der Waals surface area contributed by atoms with Gasteiger partial charge in [-0.05, 0) is 25.1 Å². The van der Waals surface area contributed by atoms with Crippen LogP contribution in [0.25, 0.3) is 5.69 Å². The number of hydrogen-bond donors (Lipinski definition) is 1. The average molecular weight is 225 g/mol. The van der Waals surface area contributed by atoms with E-state index >= 15 is 0 Å². The van der Waals surface area contributed by atoms with E-state index in [9.17, 15) is 0 Å². The topological polar surface area (TPSA) is 43.8 Å². The van der Waals surface area contributed by atoms with Crippen LogP contribution in [0, 0.1) is 11.8 Å². The van der Waals surface area contributed by atoms with Gasteiger partial charge in [0.2, 0.25) is 0 Å². The number of unbranched alkanes of at least 4 members (excludes halogenated alkanes) is 1. The molecule has 0 spiro atoms. The minimum absolute atomic E-state index is 0.692. The molecule has 0 radical (unpaired) electrons. The van der Waals surface area contributed by atoms with Gasteiger partial charge in [-0.2, -0.15) is 5.10 Å². The summed E-state index contributed by atoms with van der Waals surface area (Å²) in [7, 11) is 0. The molecule has 1 aromatic carbocycles. The Kier molecular flexibility index (Phi) is 3.95. The second-order valence-electron chi connectivity index (χ2n) is 3.70. The summed E-state index contributed by atoms with van der Waals surface area (Å²) in [5.41, 5.74) is 7.38. The molecule has 3 heteroatoms. The second kappa shape index (κ2) is 5.88. The van der Waals surface area contributed by atoms with Gasteiger partial charge in [-0.1, -0.05) is 30.0 Å². The Morgan fingerprint density at radius 3 is 2.82 bits per heavy atom. The van der Waals surface area contributed by atoms with E-state index in [1.165, 1.54) is 0 Å². The molecule has 0 bridgehead atoms. The van der Waals surface area contributed by atoms with Crippen molar-refractivity contribution in [3.63, 3.8) is 0 Å². The zero-order valence-electron chi connectivity index (χ0n) is 9.63. The smallest absolute Gasteiger partial charge is 0.0651 e. The number of nitrogens with zero attached hydrogens (tertiary/aromatic N) is 2. The summed E-state index contributed by atoms with van der Waals surface area (Å²) in [5, 5.41) is 4.27. The lowest BCUT2D eigenvalue weighted by atomic mass is 10.3. The lowest BCUT2D eigenvalue weighted by molar-refractivity contribution is 0.870. The quantitative estimate of drug-likeness (QED) is 0.641. The van der Waals surface area contributed by atoms with E-state index in [2.05, 4.69) is 16.9 Å². The first-order chi connectivity index (χ1) is 8.40. The number of para-hydroxylation sites is 1. The van der Waals surface area contributed by atoms with E-state index in [0.29, 0.717) is 6.54 Å². The third-order valence-electron chi connectivity index (χ3n) is 2.34. The maximum atomic E-state index is 5.40. The van der Waals surface area contributed by atoms with Gasteiger partial charge in [-0.3, -0.25) is 0 Å². The molecule has 0 amide bonds. The second-order valence-corrected chi connectivity index (χ2v) is 3.70. The molecule has 1 aromatic heterocycles. The van der Waals surface area contributed by atoms with Gasteiger partial charge < -0.3 is 5.73 Å². The Morgan fingerprint density at radius 1 is 1.24 bits per heavy atom. The number of rotatable bonds is 3. The summed E-state index contributed by atoms with van der Waals surface area (Å²) in [6.45, 7) is 0.692. The fourth-order valence-corrected chi connectivity index (χ4v) is 1.46. The summed E-state index contributed by atoms with van der Waals surface area (Å²) in [5.74, 6) is 6.16. The Balaban J connectivity index is 2.08. The number of aromatic nitrogens is 2. The molecular formula is C14H15N3. The molecule has 86 valence electrons. The first-order valence-electron chi connectivity index (χ1n) is 5.69. The monoisotopic (exact) mass is 225 g/mol. The highest BCUT2D eigenvalue weighted by molar-refractivity contribution is 5.35. The van der Waals surface area contributed by atoms with Crippen LogP contribution in [0.3, 0.4) is 0 Å². The molecule has 0 saturated heterocycles. The van der Waals surface area contributed by atoms with Crippen molar-refractivity contribution in [2.45, 2.75) is 12.8 Å². The van der Waals surface area contributed by atoms with Gasteiger partial charge in [0.25, 0.3) is 0 Å². The SMILES string of the molecule is NCCCC#Cc1cnn(-c2ccccc2)c1. The van der Waals surface area contributed by atoms with Crippen molar-refractivity contribution >= 4 is 0 Å². The largest absolute Gasteiger partial charge is 0.330 e. The molecule has 0 atom stereocenters. The van der Waals surface area contributed by atoms with Crippen molar-refractivity contribution in [2.24, 2.45) is 5.73 Å². The van der Waals surface area contributed by atoms with Gasteiger partial charge in [-0.15, -0.1) is 0 Å². The number of nitrogens with two attached hydrogens (primary N) is 1. The number of hydrogen-bond acceptors (Lipinski definition) is 2. The predicted octanol–water partition coefficient (Wildman–Crippen LogP) is 1.96. The summed E-state index contributed by atoms with van der Waals surface area (Å²) in [6, 6.07) is 9.99. The van der Waals surface area contributed by atoms with Crippen LogP contribution in [0.5, 0.6) is 0 Å². The van der Waals surface area contributed by atoms with Crippen molar-refractivity contribution in [1.82, 2.24) is 9.78 Å². The first kappa shape index (κ1) is 11.4. The maximum Gasteiger partial charge on any atom is 0.0651 e. The Bertz CT molecular complexity index is 517. The first-order valence-corrected chi connectivity index (χ1v) is 5.69. The van der Waals surface area contributed by atoms with E-state index in [4.69, 9.17) is 5.73 Å². The Hall–Kier alpha value is -2.05. The summed E-state index contributed by atoms with van der Waals surface area (Å²) >= 11 is 0. The van der Waals surface area contributed by atoms with Crippen LogP contribution in [-0.2, 0) is 0 Å². The van der Waals surface area contributed by atoms with E-state index in [-0.39, 0.29) is 0 Å². The molecule has 0 saturated carbocycles. The summed E-state index contributed by atoms with van der Waals surface area (Å²) < 4.78 is 1.83. The van der Waals surface area contributed by atoms with Crippen molar-refractivity contribution in [1.29, 1.82) is 0 Å². The molecule has 2 rings (SSSR count). The van der Waals surface area contributed by atoms with Gasteiger partial charge >= 0.3 is 0 Å². The highest BCUT2D eigenvalue weighted by Gasteiger charge is 1.97. The molecule has 0 aliphatic heterocycles. The molecule has 2 N–H and O–H groups in total. The van der Waals surface area contributed by atoms with Gasteiger partial charge in [0.15, 0.2) is 0 Å². The van der Waals surface area contributed by atoms with Crippen molar-refractivity contribution in [3.05, 3.63) is 48.3 Å². The van der Waals surface area contributed by atoms with Gasteiger partial charge in [0, 0.05) is 12.6 Å². The van der Waals surface area contributed by atoms with Crippen molar-refractivity contribution in [3.8, 4) is 17.5 Å². The Labute approximate surface area is 101 Å². The van der Waals surface area contributed by atoms with E-state index in [0.717, 1.165) is 24.1 Å². The molecular weight excluding hydrogens is 210 g/mol. The lowest BCUT2D eigenvalue weighted by Crippen LogP contribution is -1.96. The van der Waals surface area contributed by atoms with Gasteiger partial charge in [0.05, 0.1) is 17.4 Å². The van der Waals surface area contributed by atoms with Crippen molar-refractivity contribution in [2.75, 3.05) is 6.54 Å². The number of benzene rings is 1.